The summed E-state index contributed by atoms with van der Waals surface area (Å²) in [5.41, 5.74) is 6.56. The summed E-state index contributed by atoms with van der Waals surface area (Å²) in [6.45, 7) is 5.59. The molecule has 2 N–H and O–H groups in total. The highest BCUT2D eigenvalue weighted by Crippen LogP contribution is 2.21. The quantitative estimate of drug-likeness (QED) is 0.869. The van der Waals surface area contributed by atoms with Crippen LogP contribution in [0.25, 0.3) is 0 Å². The largest absolute Gasteiger partial charge is 0.324 e. The van der Waals surface area contributed by atoms with Crippen molar-refractivity contribution in [3.63, 3.8) is 0 Å². The predicted octanol–water partition coefficient (Wildman–Crippen LogP) is 2.02. The average Bonchev–Trinajstić information content (AvgIpc) is 2.38. The first-order valence-electron chi connectivity index (χ1n) is 6.55. The number of hydrogen-bond acceptors (Lipinski definition) is 4. The van der Waals surface area contributed by atoms with E-state index in [2.05, 4.69) is 0 Å². The lowest BCUT2D eigenvalue weighted by Crippen LogP contribution is -2.37. The lowest BCUT2D eigenvalue weighted by atomic mass is 10.1. The Balaban J connectivity index is 3.19. The molecule has 1 atom stereocenters. The van der Waals surface area contributed by atoms with Crippen molar-refractivity contribution in [1.82, 2.24) is 4.31 Å². The maximum Gasteiger partial charge on any atom is 0.243 e. The molecule has 1 aromatic carbocycles. The van der Waals surface area contributed by atoms with Crippen LogP contribution >= 0.6 is 0 Å². The second-order valence-corrected chi connectivity index (χ2v) is 6.87. The van der Waals surface area contributed by atoms with E-state index in [-0.39, 0.29) is 29.9 Å². The summed E-state index contributed by atoms with van der Waals surface area (Å²) in [6, 6.07) is 8.20. The summed E-state index contributed by atoms with van der Waals surface area (Å²) < 4.78 is 26.6. The Morgan fingerprint density at radius 3 is 2.50 bits per heavy atom. The van der Waals surface area contributed by atoms with Gasteiger partial charge in [-0.25, -0.2) is 8.42 Å². The molecule has 0 aliphatic rings. The fourth-order valence-corrected chi connectivity index (χ4v) is 3.60. The second-order valence-electron chi connectivity index (χ2n) is 4.98. The van der Waals surface area contributed by atoms with Crippen LogP contribution in [-0.4, -0.2) is 25.3 Å². The molecule has 1 unspecified atom stereocenters. The maximum atomic E-state index is 12.6. The minimum absolute atomic E-state index is 0.171. The van der Waals surface area contributed by atoms with Gasteiger partial charge in [-0.05, 0) is 38.5 Å². The number of benzene rings is 1. The fraction of sp³-hybridized carbons (Fsp3) is 0.500. The van der Waals surface area contributed by atoms with E-state index in [1.807, 2.05) is 13.0 Å². The molecule has 0 aliphatic carbocycles. The van der Waals surface area contributed by atoms with Crippen molar-refractivity contribution in [2.24, 2.45) is 5.73 Å². The summed E-state index contributed by atoms with van der Waals surface area (Å²) in [7, 11) is -3.60. The lowest BCUT2D eigenvalue weighted by molar-refractivity contribution is 0.360. The topological polar surface area (TPSA) is 87.2 Å². The van der Waals surface area contributed by atoms with Crippen LogP contribution in [0.15, 0.2) is 29.2 Å². The van der Waals surface area contributed by atoms with Gasteiger partial charge in [0.25, 0.3) is 0 Å². The number of nitrogens with zero attached hydrogens (tertiary/aromatic N) is 2. The highest BCUT2D eigenvalue weighted by atomic mass is 32.2. The zero-order chi connectivity index (χ0) is 15.3. The summed E-state index contributed by atoms with van der Waals surface area (Å²) in [6.07, 6.45) is 0.171. The van der Waals surface area contributed by atoms with Gasteiger partial charge in [-0.15, -0.1) is 0 Å². The van der Waals surface area contributed by atoms with Crippen LogP contribution in [0.5, 0.6) is 0 Å². The van der Waals surface area contributed by atoms with Gasteiger partial charge >= 0.3 is 0 Å². The Bertz CT molecular complexity index is 589. The first-order chi connectivity index (χ1) is 9.30. The van der Waals surface area contributed by atoms with E-state index in [0.29, 0.717) is 0 Å². The Kier molecular flexibility index (Phi) is 5.69. The first kappa shape index (κ1) is 16.6. The van der Waals surface area contributed by atoms with Crippen LogP contribution in [-0.2, 0) is 10.0 Å². The number of rotatable bonds is 6. The van der Waals surface area contributed by atoms with E-state index in [1.54, 1.807) is 38.1 Å². The second kappa shape index (κ2) is 6.84. The number of nitrogens with two attached hydrogens (primary N) is 1. The molecule has 0 spiro atoms. The number of hydrogen-bond donors (Lipinski definition) is 1. The molecule has 20 heavy (non-hydrogen) atoms. The summed E-state index contributed by atoms with van der Waals surface area (Å²) in [5, 5.41) is 8.66. The summed E-state index contributed by atoms with van der Waals surface area (Å²) >= 11 is 0. The summed E-state index contributed by atoms with van der Waals surface area (Å²) in [5.74, 6) is 0. The molecular formula is C14H21N3O2S. The van der Waals surface area contributed by atoms with Gasteiger partial charge in [-0.3, -0.25) is 0 Å². The lowest BCUT2D eigenvalue weighted by Gasteiger charge is -2.25. The van der Waals surface area contributed by atoms with Crippen molar-refractivity contribution in [2.45, 2.75) is 44.2 Å². The Hall–Kier alpha value is -1.42. The van der Waals surface area contributed by atoms with E-state index in [4.69, 9.17) is 11.0 Å². The molecule has 0 fully saturated rings. The van der Waals surface area contributed by atoms with Crippen LogP contribution < -0.4 is 5.73 Å². The van der Waals surface area contributed by atoms with Gasteiger partial charge in [0.15, 0.2) is 0 Å². The Morgan fingerprint density at radius 1 is 1.35 bits per heavy atom. The van der Waals surface area contributed by atoms with Gasteiger partial charge in [0, 0.05) is 25.0 Å². The van der Waals surface area contributed by atoms with Crippen molar-refractivity contribution in [3.8, 4) is 6.07 Å². The number of sulfonamides is 1. The van der Waals surface area contributed by atoms with Crippen molar-refractivity contribution < 1.29 is 8.42 Å². The Labute approximate surface area is 121 Å². The van der Waals surface area contributed by atoms with Crippen LogP contribution in [0.2, 0.25) is 0 Å². The van der Waals surface area contributed by atoms with Gasteiger partial charge < -0.3 is 5.73 Å². The van der Waals surface area contributed by atoms with Gasteiger partial charge in [0.1, 0.15) is 0 Å². The zero-order valence-corrected chi connectivity index (χ0v) is 12.9. The predicted molar refractivity (Wildman–Crippen MR) is 78.3 cm³/mol. The third-order valence-corrected chi connectivity index (χ3v) is 5.08. The van der Waals surface area contributed by atoms with Gasteiger partial charge in [-0.2, -0.15) is 9.57 Å². The van der Waals surface area contributed by atoms with Crippen molar-refractivity contribution >= 4 is 10.0 Å². The Morgan fingerprint density at radius 2 is 2.00 bits per heavy atom. The van der Waals surface area contributed by atoms with Crippen molar-refractivity contribution in [3.05, 3.63) is 29.8 Å². The molecule has 0 saturated heterocycles. The standard InChI is InChI=1S/C14H21N3O2S/c1-11(2)17(9-5-8-15)20(18,19)14-7-4-6-13(10-14)12(3)16/h4,6-7,10-12H,5,9,16H2,1-3H3. The van der Waals surface area contributed by atoms with Crippen LogP contribution in [0.3, 0.4) is 0 Å². The van der Waals surface area contributed by atoms with E-state index in [1.165, 1.54) is 4.31 Å². The van der Waals surface area contributed by atoms with E-state index in [9.17, 15) is 8.42 Å². The van der Waals surface area contributed by atoms with Crippen LogP contribution in [0, 0.1) is 11.3 Å². The smallest absolute Gasteiger partial charge is 0.243 e. The summed E-state index contributed by atoms with van der Waals surface area (Å²) in [4.78, 5) is 0.221. The molecule has 1 rings (SSSR count). The zero-order valence-electron chi connectivity index (χ0n) is 12.1. The monoisotopic (exact) mass is 295 g/mol. The fourth-order valence-electron chi connectivity index (χ4n) is 1.91. The van der Waals surface area contributed by atoms with E-state index < -0.39 is 10.0 Å². The molecule has 110 valence electrons. The molecule has 6 heteroatoms. The minimum Gasteiger partial charge on any atom is -0.324 e. The van der Waals surface area contributed by atoms with Crippen LogP contribution in [0.4, 0.5) is 0 Å². The molecule has 0 saturated carbocycles. The van der Waals surface area contributed by atoms with Crippen molar-refractivity contribution in [2.75, 3.05) is 6.54 Å². The molecular weight excluding hydrogens is 274 g/mol. The molecule has 0 amide bonds. The molecule has 0 radical (unpaired) electrons. The van der Waals surface area contributed by atoms with Gasteiger partial charge in [-0.1, -0.05) is 12.1 Å². The van der Waals surface area contributed by atoms with Crippen LogP contribution in [0.1, 0.15) is 38.8 Å². The number of nitriles is 1. The van der Waals surface area contributed by atoms with E-state index >= 15 is 0 Å². The van der Waals surface area contributed by atoms with Crippen molar-refractivity contribution in [1.29, 1.82) is 5.26 Å². The average molecular weight is 295 g/mol. The molecule has 0 bridgehead atoms. The SMILES string of the molecule is CC(N)c1cccc(S(=O)(=O)N(CCC#N)C(C)C)c1. The highest BCUT2D eigenvalue weighted by molar-refractivity contribution is 7.89. The molecule has 5 nitrogen and oxygen atoms in total. The first-order valence-corrected chi connectivity index (χ1v) is 7.99. The highest BCUT2D eigenvalue weighted by Gasteiger charge is 2.26. The third kappa shape index (κ3) is 3.79. The minimum atomic E-state index is -3.60. The molecule has 0 aromatic heterocycles. The maximum absolute atomic E-state index is 12.6. The normalized spacial score (nSPS) is 13.4. The molecule has 1 aromatic rings. The molecule has 0 heterocycles. The van der Waals surface area contributed by atoms with E-state index in [0.717, 1.165) is 5.56 Å². The van der Waals surface area contributed by atoms with Gasteiger partial charge in [0.05, 0.1) is 11.0 Å². The molecule has 0 aliphatic heterocycles. The van der Waals surface area contributed by atoms with Gasteiger partial charge in [0.2, 0.25) is 10.0 Å². The third-order valence-electron chi connectivity index (χ3n) is 3.01.